The van der Waals surface area contributed by atoms with Crippen LogP contribution in [0.4, 0.5) is 0 Å². The Morgan fingerprint density at radius 1 is 1.39 bits per heavy atom. The molecule has 0 N–H and O–H groups in total. The van der Waals surface area contributed by atoms with E-state index in [1.54, 1.807) is 0 Å². The number of nitrogens with zero attached hydrogens (tertiary/aromatic N) is 2. The Labute approximate surface area is 116 Å². The second-order valence-electron chi connectivity index (χ2n) is 5.20. The van der Waals surface area contributed by atoms with E-state index >= 15 is 0 Å². The van der Waals surface area contributed by atoms with Crippen molar-refractivity contribution < 1.29 is 0 Å². The molecule has 0 saturated heterocycles. The van der Waals surface area contributed by atoms with Gasteiger partial charge in [0.05, 0.1) is 11.6 Å². The predicted molar refractivity (Wildman–Crippen MR) is 79.7 cm³/mol. The summed E-state index contributed by atoms with van der Waals surface area (Å²) in [7, 11) is 2.12. The molecule has 0 aliphatic carbocycles. The summed E-state index contributed by atoms with van der Waals surface area (Å²) in [6.45, 7) is 6.40. The van der Waals surface area contributed by atoms with Gasteiger partial charge in [0.25, 0.3) is 0 Å². The number of rotatable bonds is 6. The maximum atomic E-state index is 8.88. The Kier molecular flexibility index (Phi) is 6.24. The Hall–Kier alpha value is -0.980. The second-order valence-corrected chi connectivity index (χ2v) is 5.56. The topological polar surface area (TPSA) is 27.0 Å². The molecule has 2 nitrogen and oxygen atoms in total. The van der Waals surface area contributed by atoms with E-state index < -0.39 is 0 Å². The van der Waals surface area contributed by atoms with E-state index in [9.17, 15) is 0 Å². The highest BCUT2D eigenvalue weighted by Gasteiger charge is 2.14. The molecule has 0 aliphatic rings. The van der Waals surface area contributed by atoms with Crippen LogP contribution in [0.3, 0.4) is 0 Å². The van der Waals surface area contributed by atoms with Gasteiger partial charge in [0, 0.05) is 13.1 Å². The fourth-order valence-corrected chi connectivity index (χ4v) is 2.53. The number of hydrogen-bond donors (Lipinski definition) is 1. The molecule has 0 radical (unpaired) electrons. The molecule has 0 aliphatic heterocycles. The highest BCUT2D eigenvalue weighted by atomic mass is 32.1. The first-order chi connectivity index (χ1) is 8.56. The van der Waals surface area contributed by atoms with Crippen LogP contribution in [0, 0.1) is 23.2 Å². The monoisotopic (exact) mass is 262 g/mol. The van der Waals surface area contributed by atoms with Crippen LogP contribution in [0.15, 0.2) is 24.3 Å². The van der Waals surface area contributed by atoms with Crippen LogP contribution in [0.1, 0.15) is 25.0 Å². The van der Waals surface area contributed by atoms with Crippen molar-refractivity contribution in [1.29, 1.82) is 5.26 Å². The Morgan fingerprint density at radius 2 is 2.11 bits per heavy atom. The van der Waals surface area contributed by atoms with Crippen molar-refractivity contribution in [3.05, 3.63) is 35.4 Å². The molecular formula is C15H22N2S. The lowest BCUT2D eigenvalue weighted by molar-refractivity contribution is 0.246. The third-order valence-corrected chi connectivity index (χ3v) is 3.70. The fourth-order valence-electron chi connectivity index (χ4n) is 2.00. The highest BCUT2D eigenvalue weighted by molar-refractivity contribution is 7.80. The zero-order valence-electron chi connectivity index (χ0n) is 11.4. The molecule has 0 heterocycles. The van der Waals surface area contributed by atoms with Crippen LogP contribution in [0.2, 0.25) is 0 Å². The van der Waals surface area contributed by atoms with Crippen LogP contribution in [-0.4, -0.2) is 24.2 Å². The lowest BCUT2D eigenvalue weighted by atomic mass is 9.97. The van der Waals surface area contributed by atoms with Crippen molar-refractivity contribution in [3.8, 4) is 6.07 Å². The average Bonchev–Trinajstić information content (AvgIpc) is 2.35. The largest absolute Gasteiger partial charge is 0.302 e. The van der Waals surface area contributed by atoms with Gasteiger partial charge in [0.2, 0.25) is 0 Å². The van der Waals surface area contributed by atoms with E-state index in [0.717, 1.165) is 24.4 Å². The van der Waals surface area contributed by atoms with Gasteiger partial charge in [0.15, 0.2) is 0 Å². The molecule has 1 aromatic rings. The number of nitriles is 1. The van der Waals surface area contributed by atoms with Gasteiger partial charge in [-0.05, 0) is 42.3 Å². The molecule has 1 rings (SSSR count). The molecule has 0 spiro atoms. The first-order valence-electron chi connectivity index (χ1n) is 6.35. The standard InChI is InChI=1S/C15H22N2S/c1-12(2)15(11-18)10-17(3)9-14-6-4-5-13(7-14)8-16/h4-7,12,15,18H,9-11H2,1-3H3. The molecule has 1 unspecified atom stereocenters. The second kappa shape index (κ2) is 7.45. The van der Waals surface area contributed by atoms with Gasteiger partial charge in [-0.3, -0.25) is 0 Å². The van der Waals surface area contributed by atoms with Crippen molar-refractivity contribution in [1.82, 2.24) is 4.90 Å². The van der Waals surface area contributed by atoms with Gasteiger partial charge in [-0.2, -0.15) is 17.9 Å². The first-order valence-corrected chi connectivity index (χ1v) is 6.98. The van der Waals surface area contributed by atoms with Crippen LogP contribution in [0.25, 0.3) is 0 Å². The number of hydrogen-bond acceptors (Lipinski definition) is 3. The summed E-state index contributed by atoms with van der Waals surface area (Å²) in [6, 6.07) is 10.00. The summed E-state index contributed by atoms with van der Waals surface area (Å²) in [5, 5.41) is 8.88. The summed E-state index contributed by atoms with van der Waals surface area (Å²) < 4.78 is 0. The smallest absolute Gasteiger partial charge is 0.0991 e. The number of thiol groups is 1. The van der Waals surface area contributed by atoms with Crippen molar-refractivity contribution in [3.63, 3.8) is 0 Å². The van der Waals surface area contributed by atoms with E-state index in [2.05, 4.69) is 50.6 Å². The predicted octanol–water partition coefficient (Wildman–Crippen LogP) is 3.19. The van der Waals surface area contributed by atoms with E-state index in [1.165, 1.54) is 5.56 Å². The van der Waals surface area contributed by atoms with Gasteiger partial charge >= 0.3 is 0 Å². The van der Waals surface area contributed by atoms with E-state index in [-0.39, 0.29) is 0 Å². The normalized spacial score (nSPS) is 12.7. The zero-order chi connectivity index (χ0) is 13.5. The van der Waals surface area contributed by atoms with Crippen LogP contribution in [0.5, 0.6) is 0 Å². The van der Waals surface area contributed by atoms with Crippen LogP contribution < -0.4 is 0 Å². The lowest BCUT2D eigenvalue weighted by Crippen LogP contribution is -2.29. The summed E-state index contributed by atoms with van der Waals surface area (Å²) in [5.74, 6) is 2.17. The summed E-state index contributed by atoms with van der Waals surface area (Å²) in [6.07, 6.45) is 0. The van der Waals surface area contributed by atoms with E-state index in [1.807, 2.05) is 18.2 Å². The molecule has 98 valence electrons. The maximum Gasteiger partial charge on any atom is 0.0991 e. The van der Waals surface area contributed by atoms with Crippen molar-refractivity contribution >= 4 is 12.6 Å². The third kappa shape index (κ3) is 4.72. The molecule has 18 heavy (non-hydrogen) atoms. The Morgan fingerprint density at radius 3 is 2.67 bits per heavy atom. The third-order valence-electron chi connectivity index (χ3n) is 3.23. The van der Waals surface area contributed by atoms with Crippen molar-refractivity contribution in [2.75, 3.05) is 19.3 Å². The Balaban J connectivity index is 2.58. The van der Waals surface area contributed by atoms with E-state index in [4.69, 9.17) is 5.26 Å². The minimum atomic E-state index is 0.609. The molecule has 0 amide bonds. The highest BCUT2D eigenvalue weighted by Crippen LogP contribution is 2.15. The SMILES string of the molecule is CC(C)C(CS)CN(C)Cc1cccc(C#N)c1. The van der Waals surface area contributed by atoms with Gasteiger partial charge in [0.1, 0.15) is 0 Å². The molecular weight excluding hydrogens is 240 g/mol. The maximum absolute atomic E-state index is 8.88. The summed E-state index contributed by atoms with van der Waals surface area (Å²) in [4.78, 5) is 2.30. The van der Waals surface area contributed by atoms with Gasteiger partial charge in [-0.25, -0.2) is 0 Å². The Bertz CT molecular complexity index is 409. The van der Waals surface area contributed by atoms with Gasteiger partial charge < -0.3 is 4.90 Å². The molecule has 3 heteroatoms. The van der Waals surface area contributed by atoms with Crippen LogP contribution >= 0.6 is 12.6 Å². The molecule has 0 saturated carbocycles. The molecule has 0 aromatic heterocycles. The minimum absolute atomic E-state index is 0.609. The molecule has 1 aromatic carbocycles. The average molecular weight is 262 g/mol. The zero-order valence-corrected chi connectivity index (χ0v) is 12.3. The minimum Gasteiger partial charge on any atom is -0.302 e. The van der Waals surface area contributed by atoms with Crippen molar-refractivity contribution in [2.45, 2.75) is 20.4 Å². The number of benzene rings is 1. The molecule has 0 fully saturated rings. The quantitative estimate of drug-likeness (QED) is 0.797. The first kappa shape index (κ1) is 15.1. The summed E-state index contributed by atoms with van der Waals surface area (Å²) in [5.41, 5.74) is 1.92. The van der Waals surface area contributed by atoms with Gasteiger partial charge in [-0.1, -0.05) is 26.0 Å². The molecule has 1 atom stereocenters. The van der Waals surface area contributed by atoms with Gasteiger partial charge in [-0.15, -0.1) is 0 Å². The van der Waals surface area contributed by atoms with Crippen LogP contribution in [-0.2, 0) is 6.54 Å². The van der Waals surface area contributed by atoms with E-state index in [0.29, 0.717) is 11.8 Å². The lowest BCUT2D eigenvalue weighted by Gasteiger charge is -2.25. The van der Waals surface area contributed by atoms with Crippen molar-refractivity contribution in [2.24, 2.45) is 11.8 Å². The summed E-state index contributed by atoms with van der Waals surface area (Å²) >= 11 is 4.42. The fraction of sp³-hybridized carbons (Fsp3) is 0.533. The molecule has 0 bridgehead atoms.